The van der Waals surface area contributed by atoms with Crippen LogP contribution in [-0.2, 0) is 6.54 Å². The number of aliphatic hydroxyl groups excluding tert-OH is 1. The summed E-state index contributed by atoms with van der Waals surface area (Å²) in [6.07, 6.45) is 3.07. The number of hydrogen-bond donors (Lipinski definition) is 3. The van der Waals surface area contributed by atoms with E-state index in [1.807, 2.05) is 30.3 Å². The van der Waals surface area contributed by atoms with E-state index in [4.69, 9.17) is 9.84 Å². The van der Waals surface area contributed by atoms with E-state index in [2.05, 4.69) is 20.6 Å². The third kappa shape index (κ3) is 4.35. The van der Waals surface area contributed by atoms with Gasteiger partial charge in [0.25, 0.3) is 0 Å². The van der Waals surface area contributed by atoms with Crippen LogP contribution in [-0.4, -0.2) is 35.3 Å². The van der Waals surface area contributed by atoms with Gasteiger partial charge < -0.3 is 20.5 Å². The maximum Gasteiger partial charge on any atom is 0.224 e. The Morgan fingerprint density at radius 2 is 2.04 bits per heavy atom. The molecule has 2 aromatic rings. The van der Waals surface area contributed by atoms with Gasteiger partial charge in [-0.3, -0.25) is 0 Å². The van der Waals surface area contributed by atoms with Crippen LogP contribution >= 0.6 is 0 Å². The lowest BCUT2D eigenvalue weighted by Gasteiger charge is -2.12. The molecule has 0 spiro atoms. The first-order chi connectivity index (χ1) is 11.8. The monoisotopic (exact) mass is 328 g/mol. The lowest BCUT2D eigenvalue weighted by Crippen LogP contribution is -2.10. The van der Waals surface area contributed by atoms with Gasteiger partial charge in [-0.05, 0) is 25.3 Å². The summed E-state index contributed by atoms with van der Waals surface area (Å²) < 4.78 is 5.39. The van der Waals surface area contributed by atoms with E-state index >= 15 is 0 Å². The summed E-state index contributed by atoms with van der Waals surface area (Å²) in [5.74, 6) is 2.85. The minimum absolute atomic E-state index is 0.161. The average molecular weight is 328 g/mol. The number of rotatable bonds is 9. The van der Waals surface area contributed by atoms with Crippen LogP contribution in [0, 0.1) is 0 Å². The molecule has 1 aromatic heterocycles. The third-order valence-corrected chi connectivity index (χ3v) is 4.01. The first-order valence-corrected chi connectivity index (χ1v) is 8.39. The number of nitrogens with one attached hydrogen (secondary N) is 2. The van der Waals surface area contributed by atoms with Gasteiger partial charge in [-0.1, -0.05) is 18.2 Å². The number of para-hydroxylation sites is 1. The highest BCUT2D eigenvalue weighted by atomic mass is 16.5. The molecule has 1 saturated carbocycles. The maximum absolute atomic E-state index is 8.91. The van der Waals surface area contributed by atoms with Gasteiger partial charge in [0.2, 0.25) is 5.95 Å². The van der Waals surface area contributed by atoms with Crippen LogP contribution in [0.4, 0.5) is 11.8 Å². The fourth-order valence-electron chi connectivity index (χ4n) is 2.54. The van der Waals surface area contributed by atoms with Crippen molar-refractivity contribution in [3.8, 4) is 5.75 Å². The second-order valence-electron chi connectivity index (χ2n) is 5.95. The topological polar surface area (TPSA) is 79.3 Å². The van der Waals surface area contributed by atoms with Crippen molar-refractivity contribution in [2.75, 3.05) is 30.9 Å². The lowest BCUT2D eigenvalue weighted by molar-refractivity contribution is 0.292. The Morgan fingerprint density at radius 3 is 2.79 bits per heavy atom. The van der Waals surface area contributed by atoms with Crippen molar-refractivity contribution in [1.82, 2.24) is 9.97 Å². The summed E-state index contributed by atoms with van der Waals surface area (Å²) in [5, 5.41) is 15.5. The molecule has 6 heteroatoms. The van der Waals surface area contributed by atoms with Crippen LogP contribution in [0.2, 0.25) is 0 Å². The molecule has 3 rings (SSSR count). The fourth-order valence-corrected chi connectivity index (χ4v) is 2.54. The molecular weight excluding hydrogens is 304 g/mol. The van der Waals surface area contributed by atoms with E-state index < -0.39 is 0 Å². The Kier molecular flexibility index (Phi) is 5.48. The summed E-state index contributed by atoms with van der Waals surface area (Å²) in [5.41, 5.74) is 2.17. The van der Waals surface area contributed by atoms with Crippen molar-refractivity contribution < 1.29 is 9.84 Å². The number of hydrogen-bond acceptors (Lipinski definition) is 6. The zero-order chi connectivity index (χ0) is 16.8. The van der Waals surface area contributed by atoms with Gasteiger partial charge in [-0.2, -0.15) is 4.98 Å². The molecule has 1 aromatic carbocycles. The summed E-state index contributed by atoms with van der Waals surface area (Å²) in [6, 6.07) is 9.98. The SMILES string of the molecule is COc1ccccc1CNc1cc(C2CC2)nc(NCCCO)n1. The molecule has 0 unspecified atom stereocenters. The largest absolute Gasteiger partial charge is 0.496 e. The Labute approximate surface area is 142 Å². The summed E-state index contributed by atoms with van der Waals surface area (Å²) >= 11 is 0. The van der Waals surface area contributed by atoms with E-state index in [1.54, 1.807) is 7.11 Å². The zero-order valence-electron chi connectivity index (χ0n) is 14.0. The number of benzene rings is 1. The van der Waals surface area contributed by atoms with Gasteiger partial charge in [-0.15, -0.1) is 0 Å². The molecule has 0 amide bonds. The van der Waals surface area contributed by atoms with Gasteiger partial charge in [0.1, 0.15) is 11.6 Å². The van der Waals surface area contributed by atoms with Crippen molar-refractivity contribution in [2.45, 2.75) is 31.7 Å². The van der Waals surface area contributed by atoms with Crippen LogP contribution < -0.4 is 15.4 Å². The van der Waals surface area contributed by atoms with Crippen LogP contribution in [0.3, 0.4) is 0 Å². The first-order valence-electron chi connectivity index (χ1n) is 8.39. The predicted octanol–water partition coefficient (Wildman–Crippen LogP) is 2.77. The molecule has 0 radical (unpaired) electrons. The molecule has 0 aliphatic heterocycles. The number of nitrogens with zero attached hydrogens (tertiary/aromatic N) is 2. The molecule has 0 bridgehead atoms. The Bertz CT molecular complexity index is 674. The lowest BCUT2D eigenvalue weighted by atomic mass is 10.2. The van der Waals surface area contributed by atoms with Crippen molar-refractivity contribution >= 4 is 11.8 Å². The molecule has 3 N–H and O–H groups in total. The molecule has 24 heavy (non-hydrogen) atoms. The van der Waals surface area contributed by atoms with Crippen LogP contribution in [0.5, 0.6) is 5.75 Å². The Morgan fingerprint density at radius 1 is 1.21 bits per heavy atom. The number of ether oxygens (including phenoxy) is 1. The van der Waals surface area contributed by atoms with Crippen molar-refractivity contribution in [3.05, 3.63) is 41.6 Å². The normalized spacial score (nSPS) is 13.6. The van der Waals surface area contributed by atoms with Gasteiger partial charge >= 0.3 is 0 Å². The summed E-state index contributed by atoms with van der Waals surface area (Å²) in [6.45, 7) is 1.46. The first kappa shape index (κ1) is 16.5. The Hall–Kier alpha value is -2.34. The van der Waals surface area contributed by atoms with Crippen LogP contribution in [0.1, 0.15) is 36.4 Å². The minimum atomic E-state index is 0.161. The smallest absolute Gasteiger partial charge is 0.224 e. The molecule has 6 nitrogen and oxygen atoms in total. The van der Waals surface area contributed by atoms with Gasteiger partial charge in [0.05, 0.1) is 12.8 Å². The van der Waals surface area contributed by atoms with Crippen molar-refractivity contribution in [3.63, 3.8) is 0 Å². The van der Waals surface area contributed by atoms with Gasteiger partial charge in [-0.25, -0.2) is 4.98 Å². The molecule has 0 atom stereocenters. The molecular formula is C18H24N4O2. The van der Waals surface area contributed by atoms with E-state index in [1.165, 1.54) is 12.8 Å². The number of methoxy groups -OCH3 is 1. The average Bonchev–Trinajstić information content (AvgIpc) is 3.45. The quantitative estimate of drug-likeness (QED) is 0.614. The minimum Gasteiger partial charge on any atom is -0.496 e. The summed E-state index contributed by atoms with van der Waals surface area (Å²) in [4.78, 5) is 9.12. The molecule has 128 valence electrons. The third-order valence-electron chi connectivity index (χ3n) is 4.01. The Balaban J connectivity index is 1.71. The van der Waals surface area contributed by atoms with Crippen LogP contribution in [0.25, 0.3) is 0 Å². The standard InChI is InChI=1S/C18H24N4O2/c1-24-16-6-3-2-5-14(16)12-20-17-11-15(13-7-8-13)21-18(22-17)19-9-4-10-23/h2-3,5-6,11,13,23H,4,7-10,12H2,1H3,(H2,19,20,21,22). The van der Waals surface area contributed by atoms with Crippen LogP contribution in [0.15, 0.2) is 30.3 Å². The highest BCUT2D eigenvalue weighted by Crippen LogP contribution is 2.39. The van der Waals surface area contributed by atoms with Gasteiger partial charge in [0, 0.05) is 37.2 Å². The maximum atomic E-state index is 8.91. The van der Waals surface area contributed by atoms with E-state index in [9.17, 15) is 0 Å². The second-order valence-corrected chi connectivity index (χ2v) is 5.95. The predicted molar refractivity (Wildman–Crippen MR) is 94.5 cm³/mol. The molecule has 1 aliphatic rings. The number of aliphatic hydroxyl groups is 1. The molecule has 1 aliphatic carbocycles. The highest BCUT2D eigenvalue weighted by Gasteiger charge is 2.26. The van der Waals surface area contributed by atoms with E-state index in [0.717, 1.165) is 22.8 Å². The van der Waals surface area contributed by atoms with Crippen molar-refractivity contribution in [2.24, 2.45) is 0 Å². The molecule has 1 heterocycles. The molecule has 1 fully saturated rings. The number of aromatic nitrogens is 2. The number of anilines is 2. The highest BCUT2D eigenvalue weighted by molar-refractivity contribution is 5.45. The molecule has 0 saturated heterocycles. The van der Waals surface area contributed by atoms with Crippen molar-refractivity contribution in [1.29, 1.82) is 0 Å². The zero-order valence-corrected chi connectivity index (χ0v) is 14.0. The second kappa shape index (κ2) is 7.97. The van der Waals surface area contributed by atoms with E-state index in [-0.39, 0.29) is 6.61 Å². The van der Waals surface area contributed by atoms with Gasteiger partial charge in [0.15, 0.2) is 0 Å². The fraction of sp³-hybridized carbons (Fsp3) is 0.444. The van der Waals surface area contributed by atoms with E-state index in [0.29, 0.717) is 31.4 Å². The summed E-state index contributed by atoms with van der Waals surface area (Å²) in [7, 11) is 1.68.